The third-order valence-electron chi connectivity index (χ3n) is 5.47. The molecule has 3 unspecified atom stereocenters. The van der Waals surface area contributed by atoms with Gasteiger partial charge < -0.3 is 10.1 Å². The summed E-state index contributed by atoms with van der Waals surface area (Å²) in [6.45, 7) is 4.39. The van der Waals surface area contributed by atoms with Gasteiger partial charge in [0.05, 0.1) is 12.7 Å². The minimum atomic E-state index is 0.275. The van der Waals surface area contributed by atoms with Crippen LogP contribution in [0.5, 0.6) is 0 Å². The molecule has 1 N–H and O–H groups in total. The Hall–Kier alpha value is -0.900. The van der Waals surface area contributed by atoms with Crippen LogP contribution in [0.2, 0.25) is 0 Å². The van der Waals surface area contributed by atoms with Gasteiger partial charge in [-0.2, -0.15) is 0 Å². The lowest BCUT2D eigenvalue weighted by atomic mass is 9.96. The van der Waals surface area contributed by atoms with Gasteiger partial charge >= 0.3 is 0 Å². The molecule has 3 atom stereocenters. The average Bonchev–Trinajstić information content (AvgIpc) is 3.18. The Kier molecular flexibility index (Phi) is 3.97. The quantitative estimate of drug-likeness (QED) is 0.924. The number of nitrogens with one attached hydrogen (secondary N) is 1. The number of likely N-dealkylation sites (tertiary alicyclic amines) is 1. The van der Waals surface area contributed by atoms with Crippen LogP contribution < -0.4 is 5.32 Å². The summed E-state index contributed by atoms with van der Waals surface area (Å²) in [7, 11) is 0. The van der Waals surface area contributed by atoms with Crippen LogP contribution in [-0.2, 0) is 11.2 Å². The number of benzene rings is 1. The van der Waals surface area contributed by atoms with E-state index in [4.69, 9.17) is 4.74 Å². The molecule has 1 aromatic rings. The van der Waals surface area contributed by atoms with Crippen molar-refractivity contribution < 1.29 is 4.74 Å². The SMILES string of the molecule is c1ccc2c(c1)CCOC2CN1CCCC1C1CCCN1. The lowest BCUT2D eigenvalue weighted by Gasteiger charge is -2.34. The van der Waals surface area contributed by atoms with E-state index in [2.05, 4.69) is 34.5 Å². The maximum absolute atomic E-state index is 6.12. The van der Waals surface area contributed by atoms with Crippen molar-refractivity contribution in [2.75, 3.05) is 26.2 Å². The third-order valence-corrected chi connectivity index (χ3v) is 5.47. The van der Waals surface area contributed by atoms with E-state index in [-0.39, 0.29) is 6.10 Å². The molecule has 0 saturated carbocycles. The van der Waals surface area contributed by atoms with Crippen LogP contribution in [-0.4, -0.2) is 43.2 Å². The second kappa shape index (κ2) is 6.07. The summed E-state index contributed by atoms with van der Waals surface area (Å²) in [5, 5.41) is 3.70. The molecule has 1 aromatic carbocycles. The van der Waals surface area contributed by atoms with Gasteiger partial charge in [0.2, 0.25) is 0 Å². The van der Waals surface area contributed by atoms with Gasteiger partial charge in [0, 0.05) is 18.6 Å². The van der Waals surface area contributed by atoms with E-state index in [1.165, 1.54) is 49.9 Å². The van der Waals surface area contributed by atoms with Crippen molar-refractivity contribution >= 4 is 0 Å². The Balaban J connectivity index is 1.48. The summed E-state index contributed by atoms with van der Waals surface area (Å²) in [6.07, 6.45) is 6.74. The van der Waals surface area contributed by atoms with Gasteiger partial charge in [-0.25, -0.2) is 0 Å². The van der Waals surface area contributed by atoms with Crippen molar-refractivity contribution in [1.82, 2.24) is 10.2 Å². The maximum Gasteiger partial charge on any atom is 0.0954 e. The maximum atomic E-state index is 6.12. The topological polar surface area (TPSA) is 24.5 Å². The van der Waals surface area contributed by atoms with Gasteiger partial charge in [-0.3, -0.25) is 4.90 Å². The molecule has 3 heterocycles. The Labute approximate surface area is 127 Å². The van der Waals surface area contributed by atoms with Crippen molar-refractivity contribution in [3.05, 3.63) is 35.4 Å². The second-order valence-electron chi connectivity index (χ2n) is 6.72. The molecule has 3 nitrogen and oxygen atoms in total. The average molecular weight is 286 g/mol. The van der Waals surface area contributed by atoms with Crippen LogP contribution in [0.4, 0.5) is 0 Å². The number of nitrogens with zero attached hydrogens (tertiary/aromatic N) is 1. The van der Waals surface area contributed by atoms with Crippen LogP contribution in [0.3, 0.4) is 0 Å². The third kappa shape index (κ3) is 2.75. The highest BCUT2D eigenvalue weighted by molar-refractivity contribution is 5.31. The normalized spacial score (nSPS) is 33.2. The number of rotatable bonds is 3. The van der Waals surface area contributed by atoms with Crippen molar-refractivity contribution in [1.29, 1.82) is 0 Å². The summed E-state index contributed by atoms with van der Waals surface area (Å²) in [5.74, 6) is 0. The molecule has 0 bridgehead atoms. The highest BCUT2D eigenvalue weighted by Crippen LogP contribution is 2.31. The van der Waals surface area contributed by atoms with Gasteiger partial charge in [-0.15, -0.1) is 0 Å². The smallest absolute Gasteiger partial charge is 0.0954 e. The van der Waals surface area contributed by atoms with Crippen LogP contribution in [0.15, 0.2) is 24.3 Å². The van der Waals surface area contributed by atoms with E-state index in [0.717, 1.165) is 25.6 Å². The van der Waals surface area contributed by atoms with Crippen LogP contribution in [0.1, 0.15) is 42.9 Å². The zero-order valence-electron chi connectivity index (χ0n) is 12.8. The Morgan fingerprint density at radius 3 is 3.05 bits per heavy atom. The van der Waals surface area contributed by atoms with Crippen molar-refractivity contribution in [2.24, 2.45) is 0 Å². The zero-order valence-corrected chi connectivity index (χ0v) is 12.8. The fraction of sp³-hybridized carbons (Fsp3) is 0.667. The summed E-state index contributed by atoms with van der Waals surface area (Å²) >= 11 is 0. The second-order valence-corrected chi connectivity index (χ2v) is 6.72. The van der Waals surface area contributed by atoms with Crippen LogP contribution in [0.25, 0.3) is 0 Å². The number of ether oxygens (including phenoxy) is 1. The van der Waals surface area contributed by atoms with Crippen LogP contribution in [0, 0.1) is 0 Å². The molecule has 0 aliphatic carbocycles. The zero-order chi connectivity index (χ0) is 14.1. The fourth-order valence-electron chi connectivity index (χ4n) is 4.42. The molecular formula is C18H26N2O. The van der Waals surface area contributed by atoms with E-state index in [9.17, 15) is 0 Å². The molecule has 0 amide bonds. The number of hydrogen-bond donors (Lipinski definition) is 1. The standard InChI is InChI=1S/C18H26N2O/c1-2-6-15-14(5-1)9-12-21-18(15)13-20-11-4-8-17(20)16-7-3-10-19-16/h1-2,5-6,16-19H,3-4,7-13H2. The Bertz CT molecular complexity index is 484. The first-order chi connectivity index (χ1) is 10.4. The monoisotopic (exact) mass is 286 g/mol. The molecule has 0 spiro atoms. The van der Waals surface area contributed by atoms with Crippen molar-refractivity contribution in [3.8, 4) is 0 Å². The van der Waals surface area contributed by atoms with Crippen molar-refractivity contribution in [2.45, 2.75) is 50.3 Å². The Morgan fingerprint density at radius 2 is 2.14 bits per heavy atom. The molecule has 2 fully saturated rings. The first-order valence-corrected chi connectivity index (χ1v) is 8.58. The van der Waals surface area contributed by atoms with Gasteiger partial charge in [0.1, 0.15) is 0 Å². The van der Waals surface area contributed by atoms with Crippen molar-refractivity contribution in [3.63, 3.8) is 0 Å². The molecule has 114 valence electrons. The summed E-state index contributed by atoms with van der Waals surface area (Å²) in [5.41, 5.74) is 2.91. The Morgan fingerprint density at radius 1 is 1.19 bits per heavy atom. The van der Waals surface area contributed by atoms with E-state index in [0.29, 0.717) is 6.04 Å². The van der Waals surface area contributed by atoms with Gasteiger partial charge in [-0.1, -0.05) is 24.3 Å². The fourth-order valence-corrected chi connectivity index (χ4v) is 4.42. The number of fused-ring (bicyclic) bond motifs is 1. The summed E-state index contributed by atoms with van der Waals surface area (Å²) in [4.78, 5) is 2.69. The first-order valence-electron chi connectivity index (χ1n) is 8.58. The van der Waals surface area contributed by atoms with E-state index < -0.39 is 0 Å². The lowest BCUT2D eigenvalue weighted by molar-refractivity contribution is 0.0105. The first kappa shape index (κ1) is 13.7. The molecule has 3 aliphatic heterocycles. The van der Waals surface area contributed by atoms with Crippen LogP contribution >= 0.6 is 0 Å². The molecule has 2 saturated heterocycles. The van der Waals surface area contributed by atoms with E-state index in [1.807, 2.05) is 0 Å². The number of hydrogen-bond acceptors (Lipinski definition) is 3. The predicted molar refractivity (Wildman–Crippen MR) is 84.5 cm³/mol. The minimum Gasteiger partial charge on any atom is -0.372 e. The molecule has 0 aromatic heterocycles. The van der Waals surface area contributed by atoms with Gasteiger partial charge in [0.15, 0.2) is 0 Å². The minimum absolute atomic E-state index is 0.275. The highest BCUT2D eigenvalue weighted by Gasteiger charge is 2.35. The lowest BCUT2D eigenvalue weighted by Crippen LogP contribution is -2.45. The summed E-state index contributed by atoms with van der Waals surface area (Å²) < 4.78 is 6.12. The van der Waals surface area contributed by atoms with Gasteiger partial charge in [-0.05, 0) is 56.3 Å². The molecule has 4 rings (SSSR count). The molecular weight excluding hydrogens is 260 g/mol. The van der Waals surface area contributed by atoms with E-state index >= 15 is 0 Å². The molecule has 21 heavy (non-hydrogen) atoms. The molecule has 3 heteroatoms. The predicted octanol–water partition coefficient (Wildman–Crippen LogP) is 2.52. The van der Waals surface area contributed by atoms with E-state index in [1.54, 1.807) is 0 Å². The molecule has 0 radical (unpaired) electrons. The highest BCUT2D eigenvalue weighted by atomic mass is 16.5. The van der Waals surface area contributed by atoms with Gasteiger partial charge in [0.25, 0.3) is 0 Å². The summed E-state index contributed by atoms with van der Waals surface area (Å²) in [6, 6.07) is 10.3. The molecule has 3 aliphatic rings. The largest absolute Gasteiger partial charge is 0.372 e.